The summed E-state index contributed by atoms with van der Waals surface area (Å²) in [6.07, 6.45) is 5.76. The maximum atomic E-state index is 8.85. The minimum atomic E-state index is 0.107. The van der Waals surface area contributed by atoms with Gasteiger partial charge in [-0.25, -0.2) is 0 Å². The third kappa shape index (κ3) is 3.14. The Labute approximate surface area is 112 Å². The molecule has 0 bridgehead atoms. The fourth-order valence-electron chi connectivity index (χ4n) is 2.44. The van der Waals surface area contributed by atoms with Gasteiger partial charge in [-0.1, -0.05) is 5.16 Å². The Hall–Kier alpha value is -1.82. The molecule has 1 aromatic heterocycles. The molecule has 0 saturated carbocycles. The van der Waals surface area contributed by atoms with Crippen LogP contribution in [0.25, 0.3) is 0 Å². The van der Waals surface area contributed by atoms with Crippen LogP contribution in [0.2, 0.25) is 0 Å². The van der Waals surface area contributed by atoms with E-state index in [0.717, 1.165) is 38.2 Å². The van der Waals surface area contributed by atoms with Crippen molar-refractivity contribution in [3.63, 3.8) is 0 Å². The second kappa shape index (κ2) is 6.38. The quantitative estimate of drug-likeness (QED) is 0.369. The van der Waals surface area contributed by atoms with Crippen LogP contribution in [0.3, 0.4) is 0 Å². The Bertz CT molecular complexity index is 448. The first-order valence-corrected chi connectivity index (χ1v) is 6.54. The molecular formula is C13H20N4O2. The Morgan fingerprint density at radius 1 is 1.68 bits per heavy atom. The summed E-state index contributed by atoms with van der Waals surface area (Å²) >= 11 is 0. The molecule has 1 aliphatic heterocycles. The molecule has 0 spiro atoms. The summed E-state index contributed by atoms with van der Waals surface area (Å²) in [6, 6.07) is 1.76. The first-order valence-electron chi connectivity index (χ1n) is 6.54. The predicted molar refractivity (Wildman–Crippen MR) is 73.6 cm³/mol. The number of ether oxygens (including phenoxy) is 1. The Kier molecular flexibility index (Phi) is 4.57. The van der Waals surface area contributed by atoms with Crippen LogP contribution in [0.4, 0.5) is 5.69 Å². The normalized spacial score (nSPS) is 20.6. The number of nitrogens with zero attached hydrogens (tertiary/aromatic N) is 3. The van der Waals surface area contributed by atoms with Gasteiger partial charge < -0.3 is 20.6 Å². The Morgan fingerprint density at radius 2 is 2.53 bits per heavy atom. The van der Waals surface area contributed by atoms with E-state index in [2.05, 4.69) is 15.0 Å². The number of amidine groups is 1. The topological polar surface area (TPSA) is 84.0 Å². The van der Waals surface area contributed by atoms with Crippen LogP contribution < -0.4 is 10.6 Å². The van der Waals surface area contributed by atoms with E-state index >= 15 is 0 Å². The summed E-state index contributed by atoms with van der Waals surface area (Å²) in [6.45, 7) is 4.47. The van der Waals surface area contributed by atoms with Gasteiger partial charge in [0.05, 0.1) is 18.0 Å². The summed E-state index contributed by atoms with van der Waals surface area (Å²) in [5.41, 5.74) is 7.30. The first-order chi connectivity index (χ1) is 9.26. The van der Waals surface area contributed by atoms with Crippen molar-refractivity contribution in [2.75, 3.05) is 24.6 Å². The molecule has 6 nitrogen and oxygen atoms in total. The minimum absolute atomic E-state index is 0.107. The lowest BCUT2D eigenvalue weighted by atomic mass is 10.1. The maximum absolute atomic E-state index is 8.85. The number of hydrogen-bond acceptors (Lipinski definition) is 5. The van der Waals surface area contributed by atoms with Crippen molar-refractivity contribution in [1.29, 1.82) is 0 Å². The lowest BCUT2D eigenvalue weighted by Crippen LogP contribution is -2.40. The van der Waals surface area contributed by atoms with E-state index in [1.165, 1.54) is 0 Å². The number of aromatic nitrogens is 1. The molecule has 2 rings (SSSR count). The summed E-state index contributed by atoms with van der Waals surface area (Å²) < 4.78 is 5.69. The maximum Gasteiger partial charge on any atom is 0.172 e. The van der Waals surface area contributed by atoms with E-state index in [4.69, 9.17) is 15.7 Å². The van der Waals surface area contributed by atoms with Crippen LogP contribution >= 0.6 is 0 Å². The predicted octanol–water partition coefficient (Wildman–Crippen LogP) is 1.18. The van der Waals surface area contributed by atoms with Crippen LogP contribution in [0.15, 0.2) is 23.6 Å². The molecular weight excluding hydrogens is 244 g/mol. The van der Waals surface area contributed by atoms with Gasteiger partial charge in [0.2, 0.25) is 0 Å². The van der Waals surface area contributed by atoms with Gasteiger partial charge >= 0.3 is 0 Å². The second-order valence-electron chi connectivity index (χ2n) is 4.54. The van der Waals surface area contributed by atoms with Crippen molar-refractivity contribution >= 4 is 11.5 Å². The molecule has 0 aromatic carbocycles. The highest BCUT2D eigenvalue weighted by atomic mass is 16.5. The molecule has 6 heteroatoms. The summed E-state index contributed by atoms with van der Waals surface area (Å²) in [7, 11) is 0. The lowest BCUT2D eigenvalue weighted by Gasteiger charge is -2.34. The van der Waals surface area contributed by atoms with Crippen LogP contribution in [-0.4, -0.2) is 41.8 Å². The average molecular weight is 264 g/mol. The van der Waals surface area contributed by atoms with Gasteiger partial charge in [0.25, 0.3) is 0 Å². The SMILES string of the molecule is CCOC1CCCN(c2cnccc2/C(N)=N/O)C1. The molecule has 1 aromatic rings. The molecule has 104 valence electrons. The van der Waals surface area contributed by atoms with Crippen molar-refractivity contribution in [3.8, 4) is 0 Å². The van der Waals surface area contributed by atoms with Gasteiger partial charge in [-0.05, 0) is 25.8 Å². The van der Waals surface area contributed by atoms with E-state index in [0.29, 0.717) is 5.56 Å². The van der Waals surface area contributed by atoms with Crippen LogP contribution in [0.1, 0.15) is 25.3 Å². The largest absolute Gasteiger partial charge is 0.409 e. The monoisotopic (exact) mass is 264 g/mol. The average Bonchev–Trinajstić information content (AvgIpc) is 2.47. The first kappa shape index (κ1) is 13.6. The van der Waals surface area contributed by atoms with Crippen molar-refractivity contribution in [2.45, 2.75) is 25.9 Å². The second-order valence-corrected chi connectivity index (χ2v) is 4.54. The van der Waals surface area contributed by atoms with Crippen molar-refractivity contribution in [2.24, 2.45) is 10.9 Å². The Balaban J connectivity index is 2.21. The summed E-state index contributed by atoms with van der Waals surface area (Å²) in [5.74, 6) is 0.107. The van der Waals surface area contributed by atoms with Gasteiger partial charge in [-0.2, -0.15) is 0 Å². The van der Waals surface area contributed by atoms with Gasteiger partial charge in [0.15, 0.2) is 5.84 Å². The standard InChI is InChI=1S/C13H20N4O2/c1-2-19-10-4-3-7-17(9-10)12-8-15-6-5-11(12)13(14)16-18/h5-6,8,10,18H,2-4,7,9H2,1H3,(H2,14,16). The number of piperidine rings is 1. The van der Waals surface area contributed by atoms with Gasteiger partial charge in [0.1, 0.15) is 0 Å². The molecule has 2 heterocycles. The van der Waals surface area contributed by atoms with Gasteiger partial charge in [0, 0.05) is 31.5 Å². The van der Waals surface area contributed by atoms with E-state index in [9.17, 15) is 0 Å². The van der Waals surface area contributed by atoms with Crippen LogP contribution in [-0.2, 0) is 4.74 Å². The number of hydrogen-bond donors (Lipinski definition) is 2. The molecule has 1 atom stereocenters. The molecule has 0 radical (unpaired) electrons. The van der Waals surface area contributed by atoms with E-state index in [-0.39, 0.29) is 11.9 Å². The van der Waals surface area contributed by atoms with Crippen LogP contribution in [0.5, 0.6) is 0 Å². The molecule has 1 unspecified atom stereocenters. The molecule has 0 amide bonds. The number of anilines is 1. The molecule has 3 N–H and O–H groups in total. The van der Waals surface area contributed by atoms with E-state index in [1.54, 1.807) is 18.5 Å². The zero-order chi connectivity index (χ0) is 13.7. The lowest BCUT2D eigenvalue weighted by molar-refractivity contribution is 0.0526. The van der Waals surface area contributed by atoms with Crippen molar-refractivity contribution < 1.29 is 9.94 Å². The van der Waals surface area contributed by atoms with E-state index in [1.807, 2.05) is 6.92 Å². The Morgan fingerprint density at radius 3 is 3.26 bits per heavy atom. The smallest absolute Gasteiger partial charge is 0.172 e. The molecule has 19 heavy (non-hydrogen) atoms. The summed E-state index contributed by atoms with van der Waals surface area (Å²) in [5, 5.41) is 11.9. The zero-order valence-corrected chi connectivity index (χ0v) is 11.1. The van der Waals surface area contributed by atoms with Gasteiger partial charge in [-0.15, -0.1) is 0 Å². The molecule has 1 fully saturated rings. The third-order valence-electron chi connectivity index (χ3n) is 3.30. The molecule has 1 saturated heterocycles. The highest BCUT2D eigenvalue weighted by molar-refractivity contribution is 6.02. The number of nitrogens with two attached hydrogens (primary N) is 1. The van der Waals surface area contributed by atoms with Gasteiger partial charge in [-0.3, -0.25) is 4.98 Å². The van der Waals surface area contributed by atoms with Crippen LogP contribution in [0, 0.1) is 0 Å². The number of rotatable bonds is 4. The summed E-state index contributed by atoms with van der Waals surface area (Å²) in [4.78, 5) is 6.32. The fraction of sp³-hybridized carbons (Fsp3) is 0.538. The molecule has 1 aliphatic rings. The number of pyridine rings is 1. The minimum Gasteiger partial charge on any atom is -0.409 e. The van der Waals surface area contributed by atoms with E-state index < -0.39 is 0 Å². The van der Waals surface area contributed by atoms with Crippen molar-refractivity contribution in [3.05, 3.63) is 24.0 Å². The van der Waals surface area contributed by atoms with Crippen molar-refractivity contribution in [1.82, 2.24) is 4.98 Å². The highest BCUT2D eigenvalue weighted by Gasteiger charge is 2.22. The number of oxime groups is 1. The highest BCUT2D eigenvalue weighted by Crippen LogP contribution is 2.24. The zero-order valence-electron chi connectivity index (χ0n) is 11.1. The fourth-order valence-corrected chi connectivity index (χ4v) is 2.44. The third-order valence-corrected chi connectivity index (χ3v) is 3.30. The molecule has 0 aliphatic carbocycles.